The molecule has 1 heterocycles. The highest BCUT2D eigenvalue weighted by Gasteiger charge is 2.44. The molecule has 1 amide bonds. The Morgan fingerprint density at radius 1 is 1.13 bits per heavy atom. The number of β-amino-alcohol motifs (C(OH)–C–C–N with tert-alkyl or cyclic N) is 1. The fraction of sp³-hybridized carbons (Fsp3) is 0.800. The molecule has 1 aliphatic heterocycles. The third-order valence-corrected chi connectivity index (χ3v) is 3.38. The Kier molecular flexibility index (Phi) is 2.65. The summed E-state index contributed by atoms with van der Waals surface area (Å²) in [4.78, 5) is 24.2. The van der Waals surface area contributed by atoms with Gasteiger partial charge in [-0.1, -0.05) is 0 Å². The van der Waals surface area contributed by atoms with E-state index >= 15 is 0 Å². The lowest BCUT2D eigenvalue weighted by molar-refractivity contribution is -0.156. The lowest BCUT2D eigenvalue weighted by Gasteiger charge is -2.34. The summed E-state index contributed by atoms with van der Waals surface area (Å²) in [6.45, 7) is 0.921. The molecule has 84 valence electrons. The molecule has 3 atom stereocenters. The quantitative estimate of drug-likeness (QED) is 0.659. The molecule has 2 aliphatic rings. The Morgan fingerprint density at radius 3 is 2.20 bits per heavy atom. The second-order valence-electron chi connectivity index (χ2n) is 4.36. The maximum absolute atomic E-state index is 11.8. The van der Waals surface area contributed by atoms with Gasteiger partial charge in [0.1, 0.15) is 0 Å². The van der Waals surface area contributed by atoms with Crippen LogP contribution in [0.4, 0.5) is 0 Å². The first-order chi connectivity index (χ1) is 7.09. The summed E-state index contributed by atoms with van der Waals surface area (Å²) in [5, 5.41) is 18.1. The Balaban J connectivity index is 1.94. The Labute approximate surface area is 87.7 Å². The van der Waals surface area contributed by atoms with Crippen LogP contribution in [0, 0.1) is 11.8 Å². The minimum atomic E-state index is -0.876. The van der Waals surface area contributed by atoms with Crippen molar-refractivity contribution >= 4 is 11.9 Å². The SMILES string of the molecule is O=C(O)[C@H]1CC[C@H]1C(=O)N1CCC(O)C1. The van der Waals surface area contributed by atoms with Gasteiger partial charge in [0.2, 0.25) is 5.91 Å². The van der Waals surface area contributed by atoms with Crippen molar-refractivity contribution in [2.75, 3.05) is 13.1 Å². The molecule has 2 N–H and O–H groups in total. The van der Waals surface area contributed by atoms with Crippen LogP contribution in [0.5, 0.6) is 0 Å². The third-order valence-electron chi connectivity index (χ3n) is 3.38. The fourth-order valence-electron chi connectivity index (χ4n) is 2.27. The van der Waals surface area contributed by atoms with Crippen LogP contribution >= 0.6 is 0 Å². The average molecular weight is 213 g/mol. The van der Waals surface area contributed by atoms with Crippen molar-refractivity contribution in [3.63, 3.8) is 0 Å². The number of aliphatic hydroxyl groups is 1. The van der Waals surface area contributed by atoms with Crippen LogP contribution in [0.15, 0.2) is 0 Å². The summed E-state index contributed by atoms with van der Waals surface area (Å²) in [5.41, 5.74) is 0. The number of rotatable bonds is 2. The highest BCUT2D eigenvalue weighted by atomic mass is 16.4. The van der Waals surface area contributed by atoms with Gasteiger partial charge in [-0.2, -0.15) is 0 Å². The van der Waals surface area contributed by atoms with Crippen LogP contribution in [0.3, 0.4) is 0 Å². The van der Waals surface area contributed by atoms with E-state index in [4.69, 9.17) is 5.11 Å². The van der Waals surface area contributed by atoms with Gasteiger partial charge in [0.15, 0.2) is 0 Å². The normalized spacial score (nSPS) is 35.0. The zero-order chi connectivity index (χ0) is 11.0. The van der Waals surface area contributed by atoms with Crippen LogP contribution in [0.1, 0.15) is 19.3 Å². The van der Waals surface area contributed by atoms with Gasteiger partial charge in [0.25, 0.3) is 0 Å². The summed E-state index contributed by atoms with van der Waals surface area (Å²) in [5.74, 6) is -1.83. The Morgan fingerprint density at radius 2 is 1.80 bits per heavy atom. The van der Waals surface area contributed by atoms with Crippen molar-refractivity contribution in [3.8, 4) is 0 Å². The van der Waals surface area contributed by atoms with Crippen molar-refractivity contribution in [3.05, 3.63) is 0 Å². The number of amides is 1. The summed E-state index contributed by atoms with van der Waals surface area (Å²) >= 11 is 0. The molecule has 1 unspecified atom stereocenters. The molecule has 1 saturated heterocycles. The maximum atomic E-state index is 11.8. The lowest BCUT2D eigenvalue weighted by atomic mass is 9.73. The van der Waals surface area contributed by atoms with Crippen molar-refractivity contribution in [1.82, 2.24) is 4.90 Å². The van der Waals surface area contributed by atoms with E-state index in [0.717, 1.165) is 0 Å². The van der Waals surface area contributed by atoms with Gasteiger partial charge in [-0.25, -0.2) is 0 Å². The maximum Gasteiger partial charge on any atom is 0.307 e. The topological polar surface area (TPSA) is 77.8 Å². The second-order valence-corrected chi connectivity index (χ2v) is 4.36. The monoisotopic (exact) mass is 213 g/mol. The minimum absolute atomic E-state index is 0.0924. The number of aliphatic carboxylic acids is 1. The molecule has 1 aliphatic carbocycles. The summed E-state index contributed by atoms with van der Waals surface area (Å²) in [7, 11) is 0. The van der Waals surface area contributed by atoms with Crippen molar-refractivity contribution < 1.29 is 19.8 Å². The molecule has 0 aromatic carbocycles. The molecule has 15 heavy (non-hydrogen) atoms. The van der Waals surface area contributed by atoms with Crippen LogP contribution in [0.2, 0.25) is 0 Å². The van der Waals surface area contributed by atoms with Gasteiger partial charge in [-0.05, 0) is 19.3 Å². The van der Waals surface area contributed by atoms with Gasteiger partial charge in [-0.3, -0.25) is 9.59 Å². The first-order valence-corrected chi connectivity index (χ1v) is 5.29. The highest BCUT2D eigenvalue weighted by Crippen LogP contribution is 2.36. The van der Waals surface area contributed by atoms with E-state index in [1.165, 1.54) is 0 Å². The summed E-state index contributed by atoms with van der Waals surface area (Å²) in [6.07, 6.45) is 1.44. The van der Waals surface area contributed by atoms with E-state index in [2.05, 4.69) is 0 Å². The number of carboxylic acids is 1. The smallest absolute Gasteiger partial charge is 0.307 e. The number of likely N-dealkylation sites (tertiary alicyclic amines) is 1. The minimum Gasteiger partial charge on any atom is -0.481 e. The molecule has 0 spiro atoms. The molecule has 5 heteroatoms. The lowest BCUT2D eigenvalue weighted by Crippen LogP contribution is -2.45. The van der Waals surface area contributed by atoms with Gasteiger partial charge < -0.3 is 15.1 Å². The second kappa shape index (κ2) is 3.81. The molecule has 2 rings (SSSR count). The van der Waals surface area contributed by atoms with Crippen molar-refractivity contribution in [2.45, 2.75) is 25.4 Å². The zero-order valence-electron chi connectivity index (χ0n) is 8.43. The van der Waals surface area contributed by atoms with Crippen LogP contribution in [-0.2, 0) is 9.59 Å². The van der Waals surface area contributed by atoms with Crippen LogP contribution in [-0.4, -0.2) is 46.2 Å². The summed E-state index contributed by atoms with van der Waals surface area (Å²) in [6, 6.07) is 0. The molecule has 0 aromatic rings. The van der Waals surface area contributed by atoms with Gasteiger partial charge in [-0.15, -0.1) is 0 Å². The van der Waals surface area contributed by atoms with Crippen LogP contribution in [0.25, 0.3) is 0 Å². The molecule has 5 nitrogen and oxygen atoms in total. The third kappa shape index (κ3) is 1.84. The van der Waals surface area contributed by atoms with E-state index < -0.39 is 18.0 Å². The molecule has 0 aromatic heterocycles. The zero-order valence-corrected chi connectivity index (χ0v) is 8.43. The summed E-state index contributed by atoms with van der Waals surface area (Å²) < 4.78 is 0. The predicted molar refractivity (Wildman–Crippen MR) is 51.1 cm³/mol. The number of carbonyl (C=O) groups is 2. The number of nitrogens with zero attached hydrogens (tertiary/aromatic N) is 1. The van der Waals surface area contributed by atoms with Gasteiger partial charge in [0.05, 0.1) is 17.9 Å². The Hall–Kier alpha value is -1.10. The van der Waals surface area contributed by atoms with Gasteiger partial charge in [0, 0.05) is 13.1 Å². The number of aliphatic hydroxyl groups excluding tert-OH is 1. The number of carbonyl (C=O) groups excluding carboxylic acids is 1. The number of carboxylic acid groups (broad SMARTS) is 1. The Bertz CT molecular complexity index is 291. The highest BCUT2D eigenvalue weighted by molar-refractivity contribution is 5.86. The average Bonchev–Trinajstić information content (AvgIpc) is 2.48. The van der Waals surface area contributed by atoms with E-state index in [-0.39, 0.29) is 11.8 Å². The molecular weight excluding hydrogens is 198 g/mol. The number of hydrogen-bond acceptors (Lipinski definition) is 3. The van der Waals surface area contributed by atoms with Crippen LogP contribution < -0.4 is 0 Å². The standard InChI is InChI=1S/C10H15NO4/c12-6-3-4-11(5-6)9(13)7-1-2-8(7)10(14)15/h6-8,12H,1-5H2,(H,14,15)/t6?,7-,8+/m1/s1. The molecule has 0 radical (unpaired) electrons. The largest absolute Gasteiger partial charge is 0.481 e. The fourth-order valence-corrected chi connectivity index (χ4v) is 2.27. The molecule has 1 saturated carbocycles. The molecule has 0 bridgehead atoms. The van der Waals surface area contributed by atoms with Crippen molar-refractivity contribution in [2.24, 2.45) is 11.8 Å². The first-order valence-electron chi connectivity index (χ1n) is 5.29. The van der Waals surface area contributed by atoms with Gasteiger partial charge >= 0.3 is 5.97 Å². The van der Waals surface area contributed by atoms with E-state index in [1.807, 2.05) is 0 Å². The molecule has 2 fully saturated rings. The number of hydrogen-bond donors (Lipinski definition) is 2. The predicted octanol–water partition coefficient (Wildman–Crippen LogP) is -0.310. The van der Waals surface area contributed by atoms with E-state index in [1.54, 1.807) is 4.90 Å². The van der Waals surface area contributed by atoms with E-state index in [0.29, 0.717) is 32.4 Å². The molecular formula is C10H15NO4. The van der Waals surface area contributed by atoms with Crippen molar-refractivity contribution in [1.29, 1.82) is 0 Å². The van der Waals surface area contributed by atoms with E-state index in [9.17, 15) is 14.7 Å². The first kappa shape index (κ1) is 10.4.